The van der Waals surface area contributed by atoms with Gasteiger partial charge in [-0.3, -0.25) is 9.59 Å². The van der Waals surface area contributed by atoms with Gasteiger partial charge in [0.15, 0.2) is 0 Å². The summed E-state index contributed by atoms with van der Waals surface area (Å²) < 4.78 is 5.14. The summed E-state index contributed by atoms with van der Waals surface area (Å²) >= 11 is 0. The van der Waals surface area contributed by atoms with Crippen LogP contribution in [0.5, 0.6) is 5.75 Å². The standard InChI is InChI=1S/C20H28N2O3/c1-25-18-10-2-14(3-11-18)12-13-21-19(23)15-4-6-16(7-5-15)20(24)22-17-8-9-17/h2-3,10-11,15-17H,4-9,12-13H2,1H3,(H,21,23)(H,22,24). The smallest absolute Gasteiger partial charge is 0.223 e. The number of carbonyl (C=O) groups excluding carboxylic acids is 2. The maximum absolute atomic E-state index is 12.3. The lowest BCUT2D eigenvalue weighted by Crippen LogP contribution is -2.38. The van der Waals surface area contributed by atoms with E-state index in [0.29, 0.717) is 12.6 Å². The molecular weight excluding hydrogens is 316 g/mol. The van der Waals surface area contributed by atoms with Gasteiger partial charge in [-0.2, -0.15) is 0 Å². The Kier molecular flexibility index (Phi) is 5.95. The summed E-state index contributed by atoms with van der Waals surface area (Å²) in [5.41, 5.74) is 1.18. The van der Waals surface area contributed by atoms with Crippen molar-refractivity contribution in [3.8, 4) is 5.75 Å². The summed E-state index contributed by atoms with van der Waals surface area (Å²) in [5.74, 6) is 1.33. The van der Waals surface area contributed by atoms with Gasteiger partial charge in [0.05, 0.1) is 7.11 Å². The highest BCUT2D eigenvalue weighted by Gasteiger charge is 2.32. The number of nitrogens with one attached hydrogen (secondary N) is 2. The molecule has 2 aliphatic carbocycles. The van der Waals surface area contributed by atoms with Gasteiger partial charge in [0.2, 0.25) is 11.8 Å². The van der Waals surface area contributed by atoms with E-state index < -0.39 is 0 Å². The van der Waals surface area contributed by atoms with Crippen LogP contribution in [0.2, 0.25) is 0 Å². The topological polar surface area (TPSA) is 67.4 Å². The van der Waals surface area contributed by atoms with Crippen molar-refractivity contribution >= 4 is 11.8 Å². The number of benzene rings is 1. The normalized spacial score (nSPS) is 22.9. The molecule has 2 saturated carbocycles. The Morgan fingerprint density at radius 1 is 0.960 bits per heavy atom. The molecule has 0 radical (unpaired) electrons. The quantitative estimate of drug-likeness (QED) is 0.798. The van der Waals surface area contributed by atoms with Crippen molar-refractivity contribution < 1.29 is 14.3 Å². The predicted molar refractivity (Wildman–Crippen MR) is 96.3 cm³/mol. The van der Waals surface area contributed by atoms with Crippen molar-refractivity contribution in [3.63, 3.8) is 0 Å². The van der Waals surface area contributed by atoms with Crippen molar-refractivity contribution in [2.45, 2.75) is 51.0 Å². The van der Waals surface area contributed by atoms with Crippen LogP contribution >= 0.6 is 0 Å². The molecule has 5 nitrogen and oxygen atoms in total. The molecule has 5 heteroatoms. The zero-order valence-electron chi connectivity index (χ0n) is 14.9. The minimum absolute atomic E-state index is 0.0563. The fraction of sp³-hybridized carbons (Fsp3) is 0.600. The van der Waals surface area contributed by atoms with Gasteiger partial charge in [0, 0.05) is 24.4 Å². The fourth-order valence-electron chi connectivity index (χ4n) is 3.43. The summed E-state index contributed by atoms with van der Waals surface area (Å²) in [5, 5.41) is 6.12. The van der Waals surface area contributed by atoms with Crippen molar-refractivity contribution in [1.82, 2.24) is 10.6 Å². The Labute approximate surface area is 149 Å². The van der Waals surface area contributed by atoms with Gasteiger partial charge >= 0.3 is 0 Å². The Morgan fingerprint density at radius 3 is 2.12 bits per heavy atom. The molecule has 25 heavy (non-hydrogen) atoms. The van der Waals surface area contributed by atoms with Gasteiger partial charge in [-0.15, -0.1) is 0 Å². The zero-order valence-corrected chi connectivity index (χ0v) is 14.9. The van der Waals surface area contributed by atoms with Crippen LogP contribution in [-0.4, -0.2) is 31.5 Å². The zero-order chi connectivity index (χ0) is 17.6. The average Bonchev–Trinajstić information content (AvgIpc) is 3.46. The van der Waals surface area contributed by atoms with E-state index in [0.717, 1.165) is 50.7 Å². The molecule has 0 spiro atoms. The first-order valence-corrected chi connectivity index (χ1v) is 9.36. The Hall–Kier alpha value is -2.04. The maximum Gasteiger partial charge on any atom is 0.223 e. The molecule has 1 aromatic rings. The lowest BCUT2D eigenvalue weighted by molar-refractivity contribution is -0.130. The number of methoxy groups -OCH3 is 1. The summed E-state index contributed by atoms with van der Waals surface area (Å²) in [6, 6.07) is 8.34. The molecule has 0 aliphatic heterocycles. The lowest BCUT2D eigenvalue weighted by atomic mass is 9.81. The van der Waals surface area contributed by atoms with Crippen LogP contribution in [-0.2, 0) is 16.0 Å². The second kappa shape index (κ2) is 8.37. The number of carbonyl (C=O) groups is 2. The van der Waals surface area contributed by atoms with E-state index in [2.05, 4.69) is 10.6 Å². The van der Waals surface area contributed by atoms with Crippen LogP contribution in [0.3, 0.4) is 0 Å². The second-order valence-electron chi connectivity index (χ2n) is 7.22. The molecule has 2 N–H and O–H groups in total. The number of hydrogen-bond donors (Lipinski definition) is 2. The third-order valence-corrected chi connectivity index (χ3v) is 5.26. The summed E-state index contributed by atoms with van der Waals surface area (Å²) in [7, 11) is 1.65. The molecule has 1 aromatic carbocycles. The Bertz CT molecular complexity index is 587. The first-order valence-electron chi connectivity index (χ1n) is 9.36. The molecule has 0 atom stereocenters. The monoisotopic (exact) mass is 344 g/mol. The Morgan fingerprint density at radius 2 is 1.56 bits per heavy atom. The Balaban J connectivity index is 1.35. The first kappa shape index (κ1) is 17.8. The molecule has 0 heterocycles. The largest absolute Gasteiger partial charge is 0.497 e. The highest BCUT2D eigenvalue weighted by atomic mass is 16.5. The van der Waals surface area contributed by atoms with E-state index in [1.54, 1.807) is 7.11 Å². The molecule has 2 fully saturated rings. The maximum atomic E-state index is 12.3. The highest BCUT2D eigenvalue weighted by molar-refractivity contribution is 5.81. The predicted octanol–water partition coefficient (Wildman–Crippen LogP) is 2.44. The van der Waals surface area contributed by atoms with E-state index in [9.17, 15) is 9.59 Å². The third-order valence-electron chi connectivity index (χ3n) is 5.26. The molecular formula is C20H28N2O3. The van der Waals surface area contributed by atoms with Crippen LogP contribution < -0.4 is 15.4 Å². The molecule has 2 amide bonds. The summed E-state index contributed by atoms with van der Waals surface area (Å²) in [4.78, 5) is 24.4. The van der Waals surface area contributed by atoms with E-state index >= 15 is 0 Å². The molecule has 2 aliphatic rings. The number of ether oxygens (including phenoxy) is 1. The molecule has 136 valence electrons. The number of rotatable bonds is 7. The first-order chi connectivity index (χ1) is 12.2. The van der Waals surface area contributed by atoms with Gasteiger partial charge in [-0.1, -0.05) is 12.1 Å². The van der Waals surface area contributed by atoms with E-state index in [1.807, 2.05) is 24.3 Å². The van der Waals surface area contributed by atoms with Crippen molar-refractivity contribution in [2.24, 2.45) is 11.8 Å². The lowest BCUT2D eigenvalue weighted by Gasteiger charge is -2.27. The fourth-order valence-corrected chi connectivity index (χ4v) is 3.43. The van der Waals surface area contributed by atoms with E-state index in [4.69, 9.17) is 4.74 Å². The number of hydrogen-bond acceptors (Lipinski definition) is 3. The van der Waals surface area contributed by atoms with Gasteiger partial charge in [-0.05, 0) is 62.6 Å². The molecule has 0 aromatic heterocycles. The summed E-state index contributed by atoms with van der Waals surface area (Å²) in [6.07, 6.45) is 6.35. The van der Waals surface area contributed by atoms with E-state index in [-0.39, 0.29) is 23.7 Å². The molecule has 0 unspecified atom stereocenters. The van der Waals surface area contributed by atoms with Crippen molar-refractivity contribution in [3.05, 3.63) is 29.8 Å². The second-order valence-corrected chi connectivity index (χ2v) is 7.22. The highest BCUT2D eigenvalue weighted by Crippen LogP contribution is 2.30. The van der Waals surface area contributed by atoms with Crippen molar-refractivity contribution in [2.75, 3.05) is 13.7 Å². The number of amides is 2. The SMILES string of the molecule is COc1ccc(CCNC(=O)C2CCC(C(=O)NC3CC3)CC2)cc1. The molecule has 0 bridgehead atoms. The van der Waals surface area contributed by atoms with Gasteiger partial charge < -0.3 is 15.4 Å². The van der Waals surface area contributed by atoms with Gasteiger partial charge in [0.25, 0.3) is 0 Å². The average molecular weight is 344 g/mol. The van der Waals surface area contributed by atoms with Crippen LogP contribution in [0, 0.1) is 11.8 Å². The molecule has 3 rings (SSSR count). The van der Waals surface area contributed by atoms with Crippen LogP contribution in [0.1, 0.15) is 44.1 Å². The summed E-state index contributed by atoms with van der Waals surface area (Å²) in [6.45, 7) is 0.646. The minimum atomic E-state index is 0.0563. The van der Waals surface area contributed by atoms with Crippen LogP contribution in [0.15, 0.2) is 24.3 Å². The van der Waals surface area contributed by atoms with Crippen LogP contribution in [0.4, 0.5) is 0 Å². The van der Waals surface area contributed by atoms with Gasteiger partial charge in [-0.25, -0.2) is 0 Å². The van der Waals surface area contributed by atoms with Gasteiger partial charge in [0.1, 0.15) is 5.75 Å². The van der Waals surface area contributed by atoms with E-state index in [1.165, 1.54) is 5.56 Å². The third kappa shape index (κ3) is 5.21. The minimum Gasteiger partial charge on any atom is -0.497 e. The molecule has 0 saturated heterocycles. The van der Waals surface area contributed by atoms with Crippen molar-refractivity contribution in [1.29, 1.82) is 0 Å². The van der Waals surface area contributed by atoms with Crippen LogP contribution in [0.25, 0.3) is 0 Å².